The third-order valence-electron chi connectivity index (χ3n) is 5.82. The zero-order valence-electron chi connectivity index (χ0n) is 19.1. The van der Waals surface area contributed by atoms with E-state index in [-0.39, 0.29) is 17.7 Å². The molecule has 1 aromatic heterocycles. The molecule has 0 radical (unpaired) electrons. The standard InChI is InChI=1S/C24H31N3O5/c1-5-32-19-10-8-17(9-11-19)13-25-22(28)18-7-6-12-27(14-18)23(29)21-15(2)20(16(3)26-21)24(30)31-4/h8-11,18,26H,5-7,12-14H2,1-4H3,(H,25,28). The predicted octanol–water partition coefficient (Wildman–Crippen LogP) is 2.99. The number of hydrogen-bond donors (Lipinski definition) is 2. The summed E-state index contributed by atoms with van der Waals surface area (Å²) in [5.74, 6) is -0.211. The lowest BCUT2D eigenvalue weighted by atomic mass is 9.96. The highest BCUT2D eigenvalue weighted by Gasteiger charge is 2.31. The van der Waals surface area contributed by atoms with Gasteiger partial charge in [-0.15, -0.1) is 0 Å². The second-order valence-corrected chi connectivity index (χ2v) is 8.00. The van der Waals surface area contributed by atoms with Gasteiger partial charge in [-0.2, -0.15) is 0 Å². The number of amides is 2. The summed E-state index contributed by atoms with van der Waals surface area (Å²) in [5, 5.41) is 2.98. The number of hydrogen-bond acceptors (Lipinski definition) is 5. The van der Waals surface area contributed by atoms with Crippen LogP contribution in [0.1, 0.15) is 57.4 Å². The van der Waals surface area contributed by atoms with Crippen LogP contribution in [0.3, 0.4) is 0 Å². The Balaban J connectivity index is 1.61. The van der Waals surface area contributed by atoms with Crippen LogP contribution in [0.2, 0.25) is 0 Å². The molecule has 1 unspecified atom stereocenters. The van der Waals surface area contributed by atoms with Crippen LogP contribution in [-0.2, 0) is 16.1 Å². The molecule has 1 aromatic carbocycles. The Hall–Kier alpha value is -3.29. The number of aromatic amines is 1. The van der Waals surface area contributed by atoms with Crippen molar-refractivity contribution in [3.8, 4) is 5.75 Å². The van der Waals surface area contributed by atoms with Crippen molar-refractivity contribution < 1.29 is 23.9 Å². The molecule has 1 aliphatic rings. The number of likely N-dealkylation sites (tertiary alicyclic amines) is 1. The molecule has 2 amide bonds. The van der Waals surface area contributed by atoms with E-state index in [0.29, 0.717) is 48.8 Å². The zero-order chi connectivity index (χ0) is 23.3. The van der Waals surface area contributed by atoms with Gasteiger partial charge >= 0.3 is 5.97 Å². The minimum absolute atomic E-state index is 0.0639. The van der Waals surface area contributed by atoms with E-state index < -0.39 is 5.97 Å². The molecule has 0 spiro atoms. The fraction of sp³-hybridized carbons (Fsp3) is 0.458. The Labute approximate surface area is 188 Å². The Morgan fingerprint density at radius 2 is 1.91 bits per heavy atom. The summed E-state index contributed by atoms with van der Waals surface area (Å²) in [6.07, 6.45) is 1.48. The Morgan fingerprint density at radius 1 is 1.19 bits per heavy atom. The van der Waals surface area contributed by atoms with Gasteiger partial charge in [-0.3, -0.25) is 9.59 Å². The summed E-state index contributed by atoms with van der Waals surface area (Å²) >= 11 is 0. The number of rotatable bonds is 7. The normalized spacial score (nSPS) is 15.9. The molecule has 1 aliphatic heterocycles. The molecule has 32 heavy (non-hydrogen) atoms. The van der Waals surface area contributed by atoms with Gasteiger partial charge in [0.2, 0.25) is 5.91 Å². The lowest BCUT2D eigenvalue weighted by molar-refractivity contribution is -0.126. The summed E-state index contributed by atoms with van der Waals surface area (Å²) < 4.78 is 10.3. The van der Waals surface area contributed by atoms with Gasteiger partial charge in [0.1, 0.15) is 11.4 Å². The van der Waals surface area contributed by atoms with Crippen LogP contribution in [0.25, 0.3) is 0 Å². The fourth-order valence-electron chi connectivity index (χ4n) is 4.11. The molecule has 3 rings (SSSR count). The summed E-state index contributed by atoms with van der Waals surface area (Å²) in [6.45, 7) is 7.36. The van der Waals surface area contributed by atoms with E-state index in [9.17, 15) is 14.4 Å². The lowest BCUT2D eigenvalue weighted by Gasteiger charge is -2.32. The maximum Gasteiger partial charge on any atom is 0.339 e. The minimum Gasteiger partial charge on any atom is -0.494 e. The van der Waals surface area contributed by atoms with E-state index in [2.05, 4.69) is 10.3 Å². The van der Waals surface area contributed by atoms with E-state index >= 15 is 0 Å². The van der Waals surface area contributed by atoms with Gasteiger partial charge < -0.3 is 24.7 Å². The van der Waals surface area contributed by atoms with Crippen LogP contribution in [0, 0.1) is 19.8 Å². The molecule has 2 N–H and O–H groups in total. The third kappa shape index (κ3) is 5.12. The van der Waals surface area contributed by atoms with Gasteiger partial charge in [0.15, 0.2) is 0 Å². The van der Waals surface area contributed by atoms with Crippen molar-refractivity contribution >= 4 is 17.8 Å². The number of ether oxygens (including phenoxy) is 2. The molecule has 0 saturated carbocycles. The topological polar surface area (TPSA) is 101 Å². The molecule has 1 fully saturated rings. The van der Waals surface area contributed by atoms with Crippen molar-refractivity contribution in [3.63, 3.8) is 0 Å². The number of aryl methyl sites for hydroxylation is 1. The summed E-state index contributed by atoms with van der Waals surface area (Å²) in [6, 6.07) is 7.62. The summed E-state index contributed by atoms with van der Waals surface area (Å²) in [5.41, 5.74) is 2.91. The van der Waals surface area contributed by atoms with E-state index in [1.165, 1.54) is 7.11 Å². The van der Waals surface area contributed by atoms with Crippen molar-refractivity contribution in [2.75, 3.05) is 26.8 Å². The first-order valence-electron chi connectivity index (χ1n) is 10.9. The van der Waals surface area contributed by atoms with Crippen molar-refractivity contribution in [2.45, 2.75) is 40.2 Å². The lowest BCUT2D eigenvalue weighted by Crippen LogP contribution is -2.45. The number of piperidine rings is 1. The number of esters is 1. The number of benzene rings is 1. The van der Waals surface area contributed by atoms with E-state index in [1.807, 2.05) is 31.2 Å². The molecular formula is C24H31N3O5. The largest absolute Gasteiger partial charge is 0.494 e. The third-order valence-corrected chi connectivity index (χ3v) is 5.82. The quantitative estimate of drug-likeness (QED) is 0.644. The van der Waals surface area contributed by atoms with Gasteiger partial charge in [-0.05, 0) is 56.9 Å². The van der Waals surface area contributed by atoms with Crippen LogP contribution in [0.5, 0.6) is 5.75 Å². The second-order valence-electron chi connectivity index (χ2n) is 8.00. The number of nitrogens with one attached hydrogen (secondary N) is 2. The monoisotopic (exact) mass is 441 g/mol. The minimum atomic E-state index is -0.472. The fourth-order valence-corrected chi connectivity index (χ4v) is 4.11. The summed E-state index contributed by atoms with van der Waals surface area (Å²) in [7, 11) is 1.32. The van der Waals surface area contributed by atoms with Crippen LogP contribution >= 0.6 is 0 Å². The first-order valence-corrected chi connectivity index (χ1v) is 10.9. The van der Waals surface area contributed by atoms with Gasteiger partial charge in [-0.1, -0.05) is 12.1 Å². The average Bonchev–Trinajstić information content (AvgIpc) is 3.11. The van der Waals surface area contributed by atoms with Crippen molar-refractivity contribution in [1.29, 1.82) is 0 Å². The summed E-state index contributed by atoms with van der Waals surface area (Å²) in [4.78, 5) is 42.6. The molecular weight excluding hydrogens is 410 g/mol. The smallest absolute Gasteiger partial charge is 0.339 e. The molecule has 2 aromatic rings. The van der Waals surface area contributed by atoms with Crippen molar-refractivity contribution in [2.24, 2.45) is 5.92 Å². The number of aromatic nitrogens is 1. The molecule has 0 bridgehead atoms. The maximum atomic E-state index is 13.1. The van der Waals surface area contributed by atoms with Crippen LogP contribution < -0.4 is 10.1 Å². The zero-order valence-corrected chi connectivity index (χ0v) is 19.1. The van der Waals surface area contributed by atoms with Gasteiger partial charge in [0, 0.05) is 25.3 Å². The van der Waals surface area contributed by atoms with Crippen molar-refractivity contribution in [3.05, 3.63) is 52.3 Å². The number of nitrogens with zero attached hydrogens (tertiary/aromatic N) is 1. The Kier molecular flexibility index (Phi) is 7.56. The average molecular weight is 442 g/mol. The van der Waals surface area contributed by atoms with E-state index in [1.54, 1.807) is 18.7 Å². The van der Waals surface area contributed by atoms with E-state index in [4.69, 9.17) is 9.47 Å². The van der Waals surface area contributed by atoms with Gasteiger partial charge in [0.25, 0.3) is 5.91 Å². The number of carbonyl (C=O) groups excluding carboxylic acids is 3. The molecule has 172 valence electrons. The van der Waals surface area contributed by atoms with Gasteiger partial charge in [0.05, 0.1) is 25.2 Å². The number of carbonyl (C=O) groups is 3. The predicted molar refractivity (Wildman–Crippen MR) is 120 cm³/mol. The highest BCUT2D eigenvalue weighted by Crippen LogP contribution is 2.24. The molecule has 8 nitrogen and oxygen atoms in total. The highest BCUT2D eigenvalue weighted by molar-refractivity contribution is 6.00. The van der Waals surface area contributed by atoms with Gasteiger partial charge in [-0.25, -0.2) is 4.79 Å². The van der Waals surface area contributed by atoms with Crippen LogP contribution in [-0.4, -0.2) is 54.5 Å². The highest BCUT2D eigenvalue weighted by atomic mass is 16.5. The van der Waals surface area contributed by atoms with Crippen LogP contribution in [0.4, 0.5) is 0 Å². The first kappa shape index (κ1) is 23.4. The van der Waals surface area contributed by atoms with Crippen LogP contribution in [0.15, 0.2) is 24.3 Å². The van der Waals surface area contributed by atoms with Crippen molar-refractivity contribution in [1.82, 2.24) is 15.2 Å². The number of methoxy groups -OCH3 is 1. The number of H-pyrrole nitrogens is 1. The SMILES string of the molecule is CCOc1ccc(CNC(=O)C2CCCN(C(=O)c3[nH]c(C)c(C(=O)OC)c3C)C2)cc1. The maximum absolute atomic E-state index is 13.1. The molecule has 0 aliphatic carbocycles. The first-order chi connectivity index (χ1) is 15.3. The van der Waals surface area contributed by atoms with E-state index in [0.717, 1.165) is 24.2 Å². The molecule has 1 saturated heterocycles. The Morgan fingerprint density at radius 3 is 2.56 bits per heavy atom. The Bertz CT molecular complexity index is 980. The second kappa shape index (κ2) is 10.3. The molecule has 1 atom stereocenters. The molecule has 8 heteroatoms. The molecule has 2 heterocycles.